The van der Waals surface area contributed by atoms with E-state index in [0.717, 1.165) is 45.9 Å². The highest BCUT2D eigenvalue weighted by Gasteiger charge is 2.20. The van der Waals surface area contributed by atoms with Crippen molar-refractivity contribution in [3.05, 3.63) is 59.9 Å². The first-order valence-corrected chi connectivity index (χ1v) is 8.44. The molecule has 25 heavy (non-hydrogen) atoms. The molecule has 2 aromatic heterocycles. The van der Waals surface area contributed by atoms with Crippen LogP contribution in [-0.2, 0) is 6.42 Å². The molecule has 0 spiro atoms. The number of ether oxygens (including phenoxy) is 1. The lowest BCUT2D eigenvalue weighted by atomic mass is 10.1. The van der Waals surface area contributed by atoms with Gasteiger partial charge in [-0.1, -0.05) is 0 Å². The van der Waals surface area contributed by atoms with Crippen molar-refractivity contribution in [1.82, 2.24) is 15.3 Å². The first-order chi connectivity index (χ1) is 12.2. The zero-order chi connectivity index (χ0) is 17.2. The van der Waals surface area contributed by atoms with Gasteiger partial charge in [-0.05, 0) is 49.4 Å². The molecule has 1 aromatic carbocycles. The standard InChI is InChI=1S/C20H19N3O2/c1-2-25-15-5-3-13(4-6-15)18-11-14(7-9-21-18)19-12-16-17(23-19)8-10-22-20(16)24/h3-7,9,11-12,23H,2,8,10H2,1H3,(H,22,24). The first-order valence-electron chi connectivity index (χ1n) is 8.44. The molecule has 1 aliphatic heterocycles. The quantitative estimate of drug-likeness (QED) is 0.769. The Balaban J connectivity index is 1.66. The summed E-state index contributed by atoms with van der Waals surface area (Å²) in [6, 6.07) is 13.8. The van der Waals surface area contributed by atoms with Crippen molar-refractivity contribution >= 4 is 5.91 Å². The molecule has 0 bridgehead atoms. The highest BCUT2D eigenvalue weighted by atomic mass is 16.5. The number of pyridine rings is 1. The Bertz CT molecular complexity index is 913. The van der Waals surface area contributed by atoms with Gasteiger partial charge in [-0.15, -0.1) is 0 Å². The number of aromatic amines is 1. The maximum Gasteiger partial charge on any atom is 0.253 e. The zero-order valence-electron chi connectivity index (χ0n) is 14.0. The average Bonchev–Trinajstić information content (AvgIpc) is 3.09. The number of fused-ring (bicyclic) bond motifs is 1. The van der Waals surface area contributed by atoms with E-state index < -0.39 is 0 Å². The summed E-state index contributed by atoms with van der Waals surface area (Å²) in [7, 11) is 0. The fourth-order valence-electron chi connectivity index (χ4n) is 3.09. The summed E-state index contributed by atoms with van der Waals surface area (Å²) in [4.78, 5) is 19.8. The van der Waals surface area contributed by atoms with Gasteiger partial charge >= 0.3 is 0 Å². The highest BCUT2D eigenvalue weighted by Crippen LogP contribution is 2.27. The van der Waals surface area contributed by atoms with Crippen LogP contribution >= 0.6 is 0 Å². The van der Waals surface area contributed by atoms with Crippen molar-refractivity contribution in [3.63, 3.8) is 0 Å². The Labute approximate surface area is 146 Å². The number of rotatable bonds is 4. The number of aromatic nitrogens is 2. The predicted molar refractivity (Wildman–Crippen MR) is 96.7 cm³/mol. The van der Waals surface area contributed by atoms with Gasteiger partial charge in [-0.25, -0.2) is 0 Å². The second kappa shape index (κ2) is 6.43. The van der Waals surface area contributed by atoms with Crippen molar-refractivity contribution in [2.24, 2.45) is 0 Å². The van der Waals surface area contributed by atoms with E-state index in [1.54, 1.807) is 6.20 Å². The third kappa shape index (κ3) is 3.01. The molecule has 0 unspecified atom stereocenters. The number of nitrogens with one attached hydrogen (secondary N) is 2. The molecule has 0 radical (unpaired) electrons. The molecule has 0 atom stereocenters. The molecule has 4 rings (SSSR count). The van der Waals surface area contributed by atoms with E-state index in [1.807, 2.05) is 49.4 Å². The van der Waals surface area contributed by atoms with Crippen LogP contribution in [0.3, 0.4) is 0 Å². The van der Waals surface area contributed by atoms with Crippen LogP contribution in [0, 0.1) is 0 Å². The number of benzene rings is 1. The van der Waals surface area contributed by atoms with Gasteiger partial charge < -0.3 is 15.0 Å². The Morgan fingerprint density at radius 1 is 1.12 bits per heavy atom. The van der Waals surface area contributed by atoms with Crippen LogP contribution in [0.1, 0.15) is 23.0 Å². The third-order valence-electron chi connectivity index (χ3n) is 4.34. The molecule has 3 aromatic rings. The lowest BCUT2D eigenvalue weighted by Crippen LogP contribution is -2.31. The lowest BCUT2D eigenvalue weighted by Gasteiger charge is -2.11. The Morgan fingerprint density at radius 3 is 2.72 bits per heavy atom. The summed E-state index contributed by atoms with van der Waals surface area (Å²) in [5, 5.41) is 2.87. The maximum atomic E-state index is 11.9. The van der Waals surface area contributed by atoms with Crippen molar-refractivity contribution in [1.29, 1.82) is 0 Å². The lowest BCUT2D eigenvalue weighted by molar-refractivity contribution is 0.0946. The van der Waals surface area contributed by atoms with Crippen molar-refractivity contribution < 1.29 is 9.53 Å². The van der Waals surface area contributed by atoms with Gasteiger partial charge in [0.2, 0.25) is 0 Å². The molecule has 126 valence electrons. The van der Waals surface area contributed by atoms with Crippen LogP contribution in [0.2, 0.25) is 0 Å². The van der Waals surface area contributed by atoms with Crippen LogP contribution in [0.4, 0.5) is 0 Å². The number of carbonyl (C=O) groups is 1. The number of nitrogens with zero attached hydrogens (tertiary/aromatic N) is 1. The van der Waals surface area contributed by atoms with Gasteiger partial charge in [0.15, 0.2) is 0 Å². The molecule has 0 aliphatic carbocycles. The van der Waals surface area contributed by atoms with Crippen molar-refractivity contribution in [2.45, 2.75) is 13.3 Å². The Hall–Kier alpha value is -3.08. The number of H-pyrrole nitrogens is 1. The van der Waals surface area contributed by atoms with Crippen LogP contribution in [0.5, 0.6) is 5.75 Å². The topological polar surface area (TPSA) is 67.0 Å². The van der Waals surface area contributed by atoms with E-state index >= 15 is 0 Å². The molecule has 5 heteroatoms. The third-order valence-corrected chi connectivity index (χ3v) is 4.34. The SMILES string of the molecule is CCOc1ccc(-c2cc(-c3cc4c([nH]3)CCNC4=O)ccn2)cc1. The Morgan fingerprint density at radius 2 is 1.96 bits per heavy atom. The molecule has 3 heterocycles. The molecule has 0 saturated heterocycles. The van der Waals surface area contributed by atoms with Crippen LogP contribution in [0.15, 0.2) is 48.7 Å². The second-order valence-electron chi connectivity index (χ2n) is 5.97. The van der Waals surface area contributed by atoms with Gasteiger partial charge in [-0.3, -0.25) is 9.78 Å². The summed E-state index contributed by atoms with van der Waals surface area (Å²) >= 11 is 0. The molecule has 0 saturated carbocycles. The van der Waals surface area contributed by atoms with Crippen LogP contribution in [0.25, 0.3) is 22.5 Å². The van der Waals surface area contributed by atoms with Gasteiger partial charge in [0.05, 0.1) is 17.9 Å². The monoisotopic (exact) mass is 333 g/mol. The molecule has 2 N–H and O–H groups in total. The summed E-state index contributed by atoms with van der Waals surface area (Å²) < 4.78 is 5.48. The number of carbonyl (C=O) groups excluding carboxylic acids is 1. The zero-order valence-corrected chi connectivity index (χ0v) is 14.0. The smallest absolute Gasteiger partial charge is 0.253 e. The second-order valence-corrected chi connectivity index (χ2v) is 5.97. The van der Waals surface area contributed by atoms with Gasteiger partial charge in [0, 0.05) is 41.7 Å². The van der Waals surface area contributed by atoms with E-state index in [9.17, 15) is 4.79 Å². The van der Waals surface area contributed by atoms with Gasteiger partial charge in [0.1, 0.15) is 5.75 Å². The fourth-order valence-corrected chi connectivity index (χ4v) is 3.09. The molecular formula is C20H19N3O2. The number of hydrogen-bond acceptors (Lipinski definition) is 3. The van der Waals surface area contributed by atoms with Crippen molar-refractivity contribution in [3.8, 4) is 28.3 Å². The molecule has 1 aliphatic rings. The van der Waals surface area contributed by atoms with Gasteiger partial charge in [-0.2, -0.15) is 0 Å². The normalized spacial score (nSPS) is 13.2. The summed E-state index contributed by atoms with van der Waals surface area (Å²) in [5.74, 6) is 0.843. The van der Waals surface area contributed by atoms with E-state index in [-0.39, 0.29) is 5.91 Å². The molecule has 0 fully saturated rings. The van der Waals surface area contributed by atoms with Gasteiger partial charge in [0.25, 0.3) is 5.91 Å². The minimum atomic E-state index is -0.00968. The molecule has 5 nitrogen and oxygen atoms in total. The van der Waals surface area contributed by atoms with Crippen LogP contribution in [-0.4, -0.2) is 29.0 Å². The van der Waals surface area contributed by atoms with E-state index in [0.29, 0.717) is 13.2 Å². The maximum absolute atomic E-state index is 11.9. The largest absolute Gasteiger partial charge is 0.494 e. The minimum absolute atomic E-state index is 0.00968. The fraction of sp³-hybridized carbons (Fsp3) is 0.200. The average molecular weight is 333 g/mol. The minimum Gasteiger partial charge on any atom is -0.494 e. The summed E-state index contributed by atoms with van der Waals surface area (Å²) in [6.07, 6.45) is 2.62. The van der Waals surface area contributed by atoms with E-state index in [2.05, 4.69) is 15.3 Å². The predicted octanol–water partition coefficient (Wildman–Crippen LogP) is 3.43. The van der Waals surface area contributed by atoms with E-state index in [4.69, 9.17) is 4.74 Å². The summed E-state index contributed by atoms with van der Waals surface area (Å²) in [6.45, 7) is 3.30. The first kappa shape index (κ1) is 15.4. The number of amides is 1. The van der Waals surface area contributed by atoms with Crippen LogP contribution < -0.4 is 10.1 Å². The summed E-state index contributed by atoms with van der Waals surface area (Å²) in [5.41, 5.74) is 5.61. The number of hydrogen-bond donors (Lipinski definition) is 2. The molecule has 1 amide bonds. The highest BCUT2D eigenvalue weighted by molar-refractivity contribution is 5.97. The molecular weight excluding hydrogens is 314 g/mol. The van der Waals surface area contributed by atoms with E-state index in [1.165, 1.54) is 0 Å². The Kier molecular flexibility index (Phi) is 3.98. The van der Waals surface area contributed by atoms with Crippen molar-refractivity contribution in [2.75, 3.05) is 13.2 Å².